The Bertz CT molecular complexity index is 201. The summed E-state index contributed by atoms with van der Waals surface area (Å²) in [6.07, 6.45) is 8.63. The Kier molecular flexibility index (Phi) is 3.39. The summed E-state index contributed by atoms with van der Waals surface area (Å²) in [5, 5.41) is 0. The molecule has 1 aliphatic heterocycles. The van der Waals surface area contributed by atoms with Gasteiger partial charge in [0.05, 0.1) is 0 Å². The van der Waals surface area contributed by atoms with E-state index in [1.807, 2.05) is 0 Å². The third kappa shape index (κ3) is 2.08. The second-order valence-electron chi connectivity index (χ2n) is 5.87. The minimum Gasteiger partial charge on any atom is -0.300 e. The molecule has 1 heterocycles. The van der Waals surface area contributed by atoms with Crippen molar-refractivity contribution in [2.45, 2.75) is 65.3 Å². The highest BCUT2D eigenvalue weighted by Crippen LogP contribution is 2.53. The van der Waals surface area contributed by atoms with E-state index in [1.165, 1.54) is 51.6 Å². The van der Waals surface area contributed by atoms with Gasteiger partial charge < -0.3 is 0 Å². The largest absolute Gasteiger partial charge is 0.300 e. The van der Waals surface area contributed by atoms with Crippen molar-refractivity contribution in [3.8, 4) is 0 Å². The Morgan fingerprint density at radius 3 is 2.40 bits per heavy atom. The fourth-order valence-electron chi connectivity index (χ4n) is 3.87. The number of nitrogens with zero attached hydrogens (tertiary/aromatic N) is 1. The molecule has 0 aromatic rings. The monoisotopic (exact) mass is 209 g/mol. The van der Waals surface area contributed by atoms with E-state index in [2.05, 4.69) is 25.7 Å². The van der Waals surface area contributed by atoms with E-state index in [0.717, 1.165) is 17.4 Å². The van der Waals surface area contributed by atoms with Gasteiger partial charge >= 0.3 is 0 Å². The van der Waals surface area contributed by atoms with Gasteiger partial charge in [-0.15, -0.1) is 0 Å². The highest BCUT2D eigenvalue weighted by molar-refractivity contribution is 5.00. The van der Waals surface area contributed by atoms with Crippen LogP contribution in [0.15, 0.2) is 0 Å². The minimum atomic E-state index is 0.767. The Morgan fingerprint density at radius 1 is 1.20 bits per heavy atom. The predicted octanol–water partition coefficient (Wildman–Crippen LogP) is 3.69. The van der Waals surface area contributed by atoms with Crippen molar-refractivity contribution in [3.05, 3.63) is 0 Å². The number of likely N-dealkylation sites (tertiary alicyclic amines) is 1. The van der Waals surface area contributed by atoms with Crippen LogP contribution in [0, 0.1) is 11.3 Å². The van der Waals surface area contributed by atoms with E-state index in [-0.39, 0.29) is 0 Å². The molecule has 0 aromatic heterocycles. The maximum Gasteiger partial charge on any atom is 0.00902 e. The molecule has 1 saturated heterocycles. The lowest BCUT2D eigenvalue weighted by Crippen LogP contribution is -2.41. The van der Waals surface area contributed by atoms with Crippen LogP contribution >= 0.6 is 0 Å². The van der Waals surface area contributed by atoms with E-state index >= 15 is 0 Å². The fourth-order valence-corrected chi connectivity index (χ4v) is 3.87. The van der Waals surface area contributed by atoms with Gasteiger partial charge in [0.2, 0.25) is 0 Å². The van der Waals surface area contributed by atoms with Gasteiger partial charge in [-0.1, -0.05) is 27.2 Å². The van der Waals surface area contributed by atoms with Gasteiger partial charge in [-0.05, 0) is 50.0 Å². The number of rotatable bonds is 4. The molecule has 2 fully saturated rings. The first kappa shape index (κ1) is 11.4. The molecule has 1 nitrogen and oxygen atoms in total. The molecule has 0 N–H and O–H groups in total. The van der Waals surface area contributed by atoms with Crippen LogP contribution in [-0.2, 0) is 0 Å². The predicted molar refractivity (Wildman–Crippen MR) is 66.0 cm³/mol. The van der Waals surface area contributed by atoms with Crippen molar-refractivity contribution in [1.29, 1.82) is 0 Å². The topological polar surface area (TPSA) is 3.24 Å². The van der Waals surface area contributed by atoms with E-state index in [1.54, 1.807) is 0 Å². The molecule has 1 aliphatic carbocycles. The van der Waals surface area contributed by atoms with Crippen molar-refractivity contribution < 1.29 is 0 Å². The summed E-state index contributed by atoms with van der Waals surface area (Å²) >= 11 is 0. The molecule has 0 unspecified atom stereocenters. The van der Waals surface area contributed by atoms with E-state index in [0.29, 0.717) is 0 Å². The number of hydrogen-bond donors (Lipinski definition) is 0. The summed E-state index contributed by atoms with van der Waals surface area (Å²) in [4.78, 5) is 2.77. The lowest BCUT2D eigenvalue weighted by atomic mass is 9.61. The number of hydrogen-bond acceptors (Lipinski definition) is 1. The second-order valence-corrected chi connectivity index (χ2v) is 5.87. The molecular formula is C14H27N. The average molecular weight is 209 g/mol. The summed E-state index contributed by atoms with van der Waals surface area (Å²) in [5.41, 5.74) is 0.767. The molecule has 15 heavy (non-hydrogen) atoms. The zero-order chi connectivity index (χ0) is 10.9. The van der Waals surface area contributed by atoms with Crippen LogP contribution in [0.2, 0.25) is 0 Å². The molecular weight excluding hydrogens is 182 g/mol. The quantitative estimate of drug-likeness (QED) is 0.682. The first-order valence-corrected chi connectivity index (χ1v) is 6.97. The zero-order valence-electron chi connectivity index (χ0n) is 10.8. The van der Waals surface area contributed by atoms with Gasteiger partial charge in [0.25, 0.3) is 0 Å². The third-order valence-corrected chi connectivity index (χ3v) is 4.95. The smallest absolute Gasteiger partial charge is 0.00902 e. The zero-order valence-corrected chi connectivity index (χ0v) is 10.8. The van der Waals surface area contributed by atoms with Crippen LogP contribution in [0.5, 0.6) is 0 Å². The maximum absolute atomic E-state index is 2.77. The maximum atomic E-state index is 2.77. The first-order chi connectivity index (χ1) is 7.23. The Balaban J connectivity index is 1.85. The molecule has 2 aliphatic rings. The average Bonchev–Trinajstić information content (AvgIpc) is 2.62. The van der Waals surface area contributed by atoms with Crippen molar-refractivity contribution >= 4 is 0 Å². The minimum absolute atomic E-state index is 0.767. The van der Waals surface area contributed by atoms with Crippen LogP contribution in [0.1, 0.15) is 59.3 Å². The van der Waals surface area contributed by atoms with Gasteiger partial charge in [0.1, 0.15) is 0 Å². The van der Waals surface area contributed by atoms with Crippen LogP contribution in [0.3, 0.4) is 0 Å². The molecule has 0 radical (unpaired) electrons. The fraction of sp³-hybridized carbons (Fsp3) is 1.00. The van der Waals surface area contributed by atoms with Gasteiger partial charge in [-0.3, -0.25) is 4.90 Å². The summed E-state index contributed by atoms with van der Waals surface area (Å²) < 4.78 is 0. The third-order valence-electron chi connectivity index (χ3n) is 4.95. The highest BCUT2D eigenvalue weighted by atomic mass is 15.2. The normalized spacial score (nSPS) is 36.4. The van der Waals surface area contributed by atoms with Crippen molar-refractivity contribution in [1.82, 2.24) is 4.90 Å². The van der Waals surface area contributed by atoms with Gasteiger partial charge in [-0.25, -0.2) is 0 Å². The van der Waals surface area contributed by atoms with Crippen LogP contribution in [-0.4, -0.2) is 24.0 Å². The summed E-state index contributed by atoms with van der Waals surface area (Å²) in [6.45, 7) is 9.83. The van der Waals surface area contributed by atoms with Gasteiger partial charge in [0.15, 0.2) is 0 Å². The van der Waals surface area contributed by atoms with Crippen LogP contribution < -0.4 is 0 Å². The van der Waals surface area contributed by atoms with Gasteiger partial charge in [-0.2, -0.15) is 0 Å². The molecule has 1 spiro atoms. The van der Waals surface area contributed by atoms with Crippen molar-refractivity contribution in [3.63, 3.8) is 0 Å². The van der Waals surface area contributed by atoms with Crippen molar-refractivity contribution in [2.24, 2.45) is 11.3 Å². The summed E-state index contributed by atoms with van der Waals surface area (Å²) in [5.74, 6) is 1.06. The Hall–Kier alpha value is -0.0400. The Labute approximate surface area is 95.2 Å². The van der Waals surface area contributed by atoms with Gasteiger partial charge in [0, 0.05) is 12.6 Å². The lowest BCUT2D eigenvalue weighted by Gasteiger charge is -2.45. The Morgan fingerprint density at radius 2 is 1.87 bits per heavy atom. The molecule has 0 atom stereocenters. The second kappa shape index (κ2) is 4.45. The summed E-state index contributed by atoms with van der Waals surface area (Å²) in [6, 6.07) is 0.866. The molecule has 2 rings (SSSR count). The SMILES string of the molecule is CCC1CC2(CCN(C(CC)CC)C2)C1. The molecule has 1 saturated carbocycles. The molecule has 0 aromatic carbocycles. The molecule has 0 bridgehead atoms. The van der Waals surface area contributed by atoms with Crippen molar-refractivity contribution in [2.75, 3.05) is 13.1 Å². The van der Waals surface area contributed by atoms with Crippen LogP contribution in [0.4, 0.5) is 0 Å². The molecule has 1 heteroatoms. The van der Waals surface area contributed by atoms with E-state index in [9.17, 15) is 0 Å². The summed E-state index contributed by atoms with van der Waals surface area (Å²) in [7, 11) is 0. The molecule has 88 valence electrons. The van der Waals surface area contributed by atoms with E-state index in [4.69, 9.17) is 0 Å². The highest BCUT2D eigenvalue weighted by Gasteiger charge is 2.48. The van der Waals surface area contributed by atoms with Crippen LogP contribution in [0.25, 0.3) is 0 Å². The standard InChI is InChI=1S/C14H27N/c1-4-12-9-14(10-12)7-8-15(11-14)13(5-2)6-3/h12-13H,4-11H2,1-3H3. The first-order valence-electron chi connectivity index (χ1n) is 6.97. The lowest BCUT2D eigenvalue weighted by molar-refractivity contribution is 0.0537. The van der Waals surface area contributed by atoms with E-state index < -0.39 is 0 Å². The molecule has 0 amide bonds.